The van der Waals surface area contributed by atoms with Crippen molar-refractivity contribution >= 4 is 80.6 Å². The average molecular weight is 659 g/mol. The minimum Gasteiger partial charge on any atom is -0.297 e. The van der Waals surface area contributed by atoms with Crippen molar-refractivity contribution in [2.24, 2.45) is 5.92 Å². The highest BCUT2D eigenvalue weighted by Crippen LogP contribution is 2.51. The van der Waals surface area contributed by atoms with E-state index in [1.807, 2.05) is 41.5 Å². The van der Waals surface area contributed by atoms with Gasteiger partial charge in [0.15, 0.2) is 11.6 Å². The number of thioether (sulfide) groups is 4. The lowest BCUT2D eigenvalue weighted by Crippen LogP contribution is -2.53. The molecule has 0 spiro atoms. The van der Waals surface area contributed by atoms with Crippen molar-refractivity contribution in [2.45, 2.75) is 124 Å². The first-order chi connectivity index (χ1) is 18.0. The van der Waals surface area contributed by atoms with Crippen LogP contribution in [0, 0.1) is 5.92 Å². The second-order valence-corrected chi connectivity index (χ2v) is 22.3. The normalized spacial score (nSPS) is 23.8. The van der Waals surface area contributed by atoms with Gasteiger partial charge < -0.3 is 0 Å². The van der Waals surface area contributed by atoms with Crippen LogP contribution in [-0.2, 0) is 31.6 Å². The van der Waals surface area contributed by atoms with Crippen molar-refractivity contribution in [1.29, 1.82) is 0 Å². The molecule has 1 saturated carbocycles. The lowest BCUT2D eigenvalue weighted by atomic mass is 10.0. The molecule has 2 aliphatic heterocycles. The van der Waals surface area contributed by atoms with Crippen LogP contribution in [0.3, 0.4) is 0 Å². The van der Waals surface area contributed by atoms with Crippen molar-refractivity contribution in [3.63, 3.8) is 0 Å². The van der Waals surface area contributed by atoms with Gasteiger partial charge in [0.2, 0.25) is 0 Å². The predicted octanol–water partition coefficient (Wildman–Crippen LogP) is 5.94. The van der Waals surface area contributed by atoms with Crippen LogP contribution in [0.4, 0.5) is 0 Å². The standard InChI is InChI=1S/C14H25NO2S3.C13H25NO2S3/c1-10(16)14(18-7-8-19-14)12(9-11-5-6-11)15-20(17)13(2,3)4;1-6-7-11(14-19(16)12(3,4)5)13(10(2)15)17-8-9-18-13/h11-12,15H,5-9H2,1-4H3;11,14H,6-9H2,1-5H3. The van der Waals surface area contributed by atoms with Crippen molar-refractivity contribution in [1.82, 2.24) is 9.44 Å². The van der Waals surface area contributed by atoms with E-state index in [1.54, 1.807) is 60.9 Å². The molecule has 39 heavy (non-hydrogen) atoms. The Balaban J connectivity index is 0.000000274. The Kier molecular flexibility index (Phi) is 14.0. The quantitative estimate of drug-likeness (QED) is 0.266. The maximum atomic E-state index is 12.5. The van der Waals surface area contributed by atoms with Gasteiger partial charge in [0, 0.05) is 23.0 Å². The van der Waals surface area contributed by atoms with Crippen LogP contribution in [0.1, 0.15) is 94.4 Å². The van der Waals surface area contributed by atoms with Crippen molar-refractivity contribution in [3.05, 3.63) is 0 Å². The van der Waals surface area contributed by atoms with Crippen LogP contribution in [0.15, 0.2) is 0 Å². The highest BCUT2D eigenvalue weighted by molar-refractivity contribution is 8.23. The zero-order valence-corrected chi connectivity index (χ0v) is 30.1. The van der Waals surface area contributed by atoms with Gasteiger partial charge >= 0.3 is 0 Å². The molecule has 0 aromatic heterocycles. The molecule has 6 nitrogen and oxygen atoms in total. The van der Waals surface area contributed by atoms with E-state index in [0.717, 1.165) is 42.3 Å². The Morgan fingerprint density at radius 1 is 0.769 bits per heavy atom. The van der Waals surface area contributed by atoms with Gasteiger partial charge in [-0.05, 0) is 74.1 Å². The highest BCUT2D eigenvalue weighted by Gasteiger charge is 2.50. The van der Waals surface area contributed by atoms with Crippen LogP contribution in [0.25, 0.3) is 0 Å². The number of rotatable bonds is 12. The minimum absolute atomic E-state index is 0.0186. The topological polar surface area (TPSA) is 92.3 Å². The second-order valence-electron chi connectivity index (χ2n) is 12.4. The number of hydrogen-bond donors (Lipinski definition) is 2. The van der Waals surface area contributed by atoms with Gasteiger partial charge in [-0.15, -0.1) is 47.0 Å². The molecule has 12 heteroatoms. The van der Waals surface area contributed by atoms with Gasteiger partial charge in [-0.3, -0.25) is 9.59 Å². The molecule has 1 aliphatic carbocycles. The molecule has 4 unspecified atom stereocenters. The number of Topliss-reactive ketones (excluding diaryl/α,β-unsaturated/α-hetero) is 2. The second kappa shape index (κ2) is 15.1. The molecule has 0 radical (unpaired) electrons. The predicted molar refractivity (Wildman–Crippen MR) is 179 cm³/mol. The highest BCUT2D eigenvalue weighted by atomic mass is 32.2. The third-order valence-corrected chi connectivity index (χ3v) is 17.6. The first-order valence-corrected chi connectivity index (χ1v) is 20.2. The number of carbonyl (C=O) groups excluding carboxylic acids is 2. The van der Waals surface area contributed by atoms with Crippen LogP contribution < -0.4 is 9.44 Å². The third-order valence-electron chi connectivity index (χ3n) is 6.79. The smallest absolute Gasteiger partial charge is 0.157 e. The van der Waals surface area contributed by atoms with Gasteiger partial charge in [0.1, 0.15) is 8.16 Å². The molecular weight excluding hydrogens is 609 g/mol. The first-order valence-electron chi connectivity index (χ1n) is 13.9. The lowest BCUT2D eigenvalue weighted by molar-refractivity contribution is -0.118. The van der Waals surface area contributed by atoms with Gasteiger partial charge in [-0.2, -0.15) is 0 Å². The molecule has 0 bridgehead atoms. The summed E-state index contributed by atoms with van der Waals surface area (Å²) in [5, 5.41) is 0. The van der Waals surface area contributed by atoms with Gasteiger partial charge in [-0.1, -0.05) is 26.2 Å². The first kappa shape index (κ1) is 36.2. The van der Waals surface area contributed by atoms with Gasteiger partial charge in [-0.25, -0.2) is 17.9 Å². The van der Waals surface area contributed by atoms with E-state index in [4.69, 9.17) is 0 Å². The molecule has 228 valence electrons. The Bertz CT molecular complexity index is 886. The summed E-state index contributed by atoms with van der Waals surface area (Å²) >= 11 is 6.92. The van der Waals surface area contributed by atoms with Gasteiger partial charge in [0.25, 0.3) is 0 Å². The molecule has 2 N–H and O–H groups in total. The Morgan fingerprint density at radius 3 is 1.44 bits per heavy atom. The van der Waals surface area contributed by atoms with E-state index in [-0.39, 0.29) is 33.1 Å². The van der Waals surface area contributed by atoms with E-state index in [2.05, 4.69) is 16.4 Å². The van der Waals surface area contributed by atoms with Crippen molar-refractivity contribution in [2.75, 3.05) is 23.0 Å². The van der Waals surface area contributed by atoms with Crippen LogP contribution in [0.2, 0.25) is 0 Å². The fourth-order valence-corrected chi connectivity index (χ4v) is 12.9. The van der Waals surface area contributed by atoms with E-state index in [9.17, 15) is 18.0 Å². The largest absolute Gasteiger partial charge is 0.297 e. The average Bonchev–Trinajstić information content (AvgIpc) is 3.29. The molecule has 3 aliphatic rings. The Labute approximate surface area is 259 Å². The zero-order valence-electron chi connectivity index (χ0n) is 25.2. The molecule has 0 amide bonds. The molecular formula is C27H50N2O4S6. The van der Waals surface area contributed by atoms with E-state index in [0.29, 0.717) is 5.92 Å². The fourth-order valence-electron chi connectivity index (χ4n) is 4.35. The van der Waals surface area contributed by atoms with Crippen LogP contribution in [-0.4, -0.2) is 72.7 Å². The number of ketones is 2. The monoisotopic (exact) mass is 658 g/mol. The number of nitrogens with one attached hydrogen (secondary N) is 2. The summed E-state index contributed by atoms with van der Waals surface area (Å²) in [6, 6.07) is -0.00221. The van der Waals surface area contributed by atoms with Crippen LogP contribution in [0.5, 0.6) is 0 Å². The van der Waals surface area contributed by atoms with Gasteiger partial charge in [0.05, 0.1) is 43.5 Å². The molecule has 4 atom stereocenters. The summed E-state index contributed by atoms with van der Waals surface area (Å²) in [5.74, 6) is 5.13. The lowest BCUT2D eigenvalue weighted by Gasteiger charge is -2.35. The minimum atomic E-state index is -1.14. The van der Waals surface area contributed by atoms with Crippen molar-refractivity contribution in [3.8, 4) is 0 Å². The van der Waals surface area contributed by atoms with Crippen molar-refractivity contribution < 1.29 is 18.0 Å². The molecule has 0 aromatic carbocycles. The molecule has 3 fully saturated rings. The third kappa shape index (κ3) is 10.00. The van der Waals surface area contributed by atoms with E-state index in [1.165, 1.54) is 12.8 Å². The number of carbonyl (C=O) groups is 2. The van der Waals surface area contributed by atoms with E-state index < -0.39 is 30.1 Å². The number of hydrogen-bond acceptors (Lipinski definition) is 8. The summed E-state index contributed by atoms with van der Waals surface area (Å²) < 4.78 is 29.9. The molecule has 2 saturated heterocycles. The zero-order chi connectivity index (χ0) is 29.6. The SMILES string of the molecule is CC(=O)C1(C(CC2CC2)NS(=O)C(C)(C)C)SCCS1.CCCC(NS(=O)C(C)(C)C)C1(C(C)=O)SCCS1. The summed E-state index contributed by atoms with van der Waals surface area (Å²) in [5.41, 5.74) is 0. The fraction of sp³-hybridized carbons (Fsp3) is 0.926. The Morgan fingerprint density at radius 2 is 1.13 bits per heavy atom. The molecule has 3 rings (SSSR count). The summed E-state index contributed by atoms with van der Waals surface area (Å²) in [6.45, 7) is 17.2. The van der Waals surface area contributed by atoms with E-state index >= 15 is 0 Å². The van der Waals surface area contributed by atoms with Crippen LogP contribution >= 0.6 is 47.0 Å². The maximum Gasteiger partial charge on any atom is 0.157 e. The molecule has 2 heterocycles. The maximum absolute atomic E-state index is 12.5. The Hall–Kier alpha value is 0.960. The molecule has 0 aromatic rings. The summed E-state index contributed by atoms with van der Waals surface area (Å²) in [6.07, 6.45) is 5.34. The summed E-state index contributed by atoms with van der Waals surface area (Å²) in [4.78, 5) is 24.4. The summed E-state index contributed by atoms with van der Waals surface area (Å²) in [7, 11) is -2.26.